The van der Waals surface area contributed by atoms with E-state index in [1.807, 2.05) is 4.98 Å². The Morgan fingerprint density at radius 1 is 1.17 bits per heavy atom. The van der Waals surface area contributed by atoms with Gasteiger partial charge < -0.3 is 10.3 Å². The Kier molecular flexibility index (Phi) is 3.42. The fourth-order valence-corrected chi connectivity index (χ4v) is 1.57. The number of benzene rings is 1. The highest BCUT2D eigenvalue weighted by Crippen LogP contribution is 2.14. The van der Waals surface area contributed by atoms with Crippen molar-refractivity contribution in [1.29, 1.82) is 0 Å². The number of anilines is 1. The Labute approximate surface area is 109 Å². The molecule has 18 heavy (non-hydrogen) atoms. The highest BCUT2D eigenvalue weighted by atomic mass is 79.9. The zero-order valence-corrected chi connectivity index (χ0v) is 10.6. The molecule has 1 aromatic heterocycles. The summed E-state index contributed by atoms with van der Waals surface area (Å²) in [6.07, 6.45) is 1.08. The second-order valence-corrected chi connectivity index (χ2v) is 4.36. The first kappa shape index (κ1) is 12.3. The SMILES string of the molecule is O=C(Nc1ccc(Br)cc1)c1c[nH]c(=O)[nH]c1=O. The molecule has 2 aromatic rings. The van der Waals surface area contributed by atoms with Crippen LogP contribution in [0.3, 0.4) is 0 Å². The number of aromatic nitrogens is 2. The normalized spacial score (nSPS) is 10.1. The summed E-state index contributed by atoms with van der Waals surface area (Å²) in [6, 6.07) is 6.88. The molecule has 0 aliphatic carbocycles. The van der Waals surface area contributed by atoms with E-state index in [0.717, 1.165) is 10.7 Å². The summed E-state index contributed by atoms with van der Waals surface area (Å²) in [4.78, 5) is 38.2. The van der Waals surface area contributed by atoms with Gasteiger partial charge in [0.2, 0.25) is 0 Å². The van der Waals surface area contributed by atoms with Gasteiger partial charge in [-0.3, -0.25) is 14.6 Å². The number of nitrogens with one attached hydrogen (secondary N) is 3. The van der Waals surface area contributed by atoms with E-state index in [1.54, 1.807) is 24.3 Å². The topological polar surface area (TPSA) is 94.8 Å². The number of aromatic amines is 2. The minimum absolute atomic E-state index is 0.155. The lowest BCUT2D eigenvalue weighted by molar-refractivity contribution is 0.102. The Morgan fingerprint density at radius 3 is 2.44 bits per heavy atom. The van der Waals surface area contributed by atoms with Crippen molar-refractivity contribution in [2.24, 2.45) is 0 Å². The Balaban J connectivity index is 2.24. The van der Waals surface area contributed by atoms with Crippen LogP contribution < -0.4 is 16.6 Å². The van der Waals surface area contributed by atoms with E-state index >= 15 is 0 Å². The van der Waals surface area contributed by atoms with E-state index in [9.17, 15) is 14.4 Å². The Morgan fingerprint density at radius 2 is 1.83 bits per heavy atom. The van der Waals surface area contributed by atoms with Crippen molar-refractivity contribution < 1.29 is 4.79 Å². The smallest absolute Gasteiger partial charge is 0.322 e. The summed E-state index contributed by atoms with van der Waals surface area (Å²) in [5, 5.41) is 2.54. The van der Waals surface area contributed by atoms with Crippen LogP contribution in [0.15, 0.2) is 44.5 Å². The summed E-state index contributed by atoms with van der Waals surface area (Å²) in [6.45, 7) is 0. The predicted molar refractivity (Wildman–Crippen MR) is 69.8 cm³/mol. The van der Waals surface area contributed by atoms with E-state index in [4.69, 9.17) is 0 Å². The highest BCUT2D eigenvalue weighted by Gasteiger charge is 2.10. The number of hydrogen-bond donors (Lipinski definition) is 3. The van der Waals surface area contributed by atoms with Gasteiger partial charge in [-0.1, -0.05) is 15.9 Å². The van der Waals surface area contributed by atoms with E-state index in [-0.39, 0.29) is 5.56 Å². The second-order valence-electron chi connectivity index (χ2n) is 3.45. The average molecular weight is 310 g/mol. The minimum atomic E-state index is -0.728. The van der Waals surface area contributed by atoms with Gasteiger partial charge >= 0.3 is 5.69 Å². The summed E-state index contributed by atoms with van der Waals surface area (Å²) in [7, 11) is 0. The fraction of sp³-hybridized carbons (Fsp3) is 0. The largest absolute Gasteiger partial charge is 0.325 e. The minimum Gasteiger partial charge on any atom is -0.322 e. The number of rotatable bonds is 2. The summed E-state index contributed by atoms with van der Waals surface area (Å²) >= 11 is 3.27. The van der Waals surface area contributed by atoms with Gasteiger partial charge in [-0.2, -0.15) is 0 Å². The molecule has 2 rings (SSSR count). The molecule has 1 amide bonds. The molecule has 0 aliphatic heterocycles. The van der Waals surface area contributed by atoms with Crippen LogP contribution in [0.1, 0.15) is 10.4 Å². The van der Waals surface area contributed by atoms with Crippen LogP contribution in [0, 0.1) is 0 Å². The molecule has 0 atom stereocenters. The van der Waals surface area contributed by atoms with Crippen molar-refractivity contribution in [3.8, 4) is 0 Å². The van der Waals surface area contributed by atoms with E-state index in [0.29, 0.717) is 5.69 Å². The fourth-order valence-electron chi connectivity index (χ4n) is 1.31. The number of H-pyrrole nitrogens is 2. The quantitative estimate of drug-likeness (QED) is 0.774. The first-order chi connectivity index (χ1) is 8.56. The summed E-state index contributed by atoms with van der Waals surface area (Å²) in [5.74, 6) is -0.588. The van der Waals surface area contributed by atoms with E-state index in [2.05, 4.69) is 26.2 Å². The van der Waals surface area contributed by atoms with Crippen molar-refractivity contribution in [3.05, 3.63) is 61.3 Å². The van der Waals surface area contributed by atoms with Gasteiger partial charge in [-0.25, -0.2) is 4.79 Å². The number of hydrogen-bond acceptors (Lipinski definition) is 3. The molecule has 3 N–H and O–H groups in total. The van der Waals surface area contributed by atoms with E-state index < -0.39 is 17.2 Å². The molecular formula is C11H8BrN3O3. The Bertz CT molecular complexity index is 688. The van der Waals surface area contributed by atoms with E-state index in [1.165, 1.54) is 0 Å². The van der Waals surface area contributed by atoms with Crippen LogP contribution in [0.2, 0.25) is 0 Å². The molecule has 0 unspecified atom stereocenters. The summed E-state index contributed by atoms with van der Waals surface area (Å²) < 4.78 is 0.877. The lowest BCUT2D eigenvalue weighted by Gasteiger charge is -2.04. The van der Waals surface area contributed by atoms with Crippen molar-refractivity contribution in [3.63, 3.8) is 0 Å². The van der Waals surface area contributed by atoms with Gasteiger partial charge in [0.1, 0.15) is 5.56 Å². The second kappa shape index (κ2) is 5.01. The van der Waals surface area contributed by atoms with Gasteiger partial charge in [0.15, 0.2) is 0 Å². The van der Waals surface area contributed by atoms with Crippen LogP contribution in [0.4, 0.5) is 5.69 Å². The van der Waals surface area contributed by atoms with Crippen molar-refractivity contribution in [2.75, 3.05) is 5.32 Å². The van der Waals surface area contributed by atoms with Gasteiger partial charge in [0.25, 0.3) is 11.5 Å². The van der Waals surface area contributed by atoms with Gasteiger partial charge in [0.05, 0.1) is 0 Å². The third kappa shape index (κ3) is 2.75. The van der Waals surface area contributed by atoms with Crippen molar-refractivity contribution >= 4 is 27.5 Å². The molecular weight excluding hydrogens is 302 g/mol. The molecule has 92 valence electrons. The third-order valence-corrected chi connectivity index (χ3v) is 2.69. The molecule has 0 radical (unpaired) electrons. The molecule has 0 spiro atoms. The van der Waals surface area contributed by atoms with Gasteiger partial charge in [-0.15, -0.1) is 0 Å². The molecule has 0 bridgehead atoms. The summed E-state index contributed by atoms with van der Waals surface area (Å²) in [5.41, 5.74) is -0.986. The van der Waals surface area contributed by atoms with Crippen LogP contribution in [0.25, 0.3) is 0 Å². The molecule has 0 saturated carbocycles. The molecule has 0 aliphatic rings. The predicted octanol–water partition coefficient (Wildman–Crippen LogP) is 1.08. The van der Waals surface area contributed by atoms with Gasteiger partial charge in [0, 0.05) is 16.4 Å². The zero-order chi connectivity index (χ0) is 13.1. The number of amides is 1. The maximum absolute atomic E-state index is 11.8. The van der Waals surface area contributed by atoms with Crippen LogP contribution in [0.5, 0.6) is 0 Å². The number of carbonyl (C=O) groups is 1. The first-order valence-corrected chi connectivity index (χ1v) is 5.74. The van der Waals surface area contributed by atoms with Crippen molar-refractivity contribution in [2.45, 2.75) is 0 Å². The molecule has 1 aromatic carbocycles. The standard InChI is InChI=1S/C11H8BrN3O3/c12-6-1-3-7(4-2-6)14-9(16)8-5-13-11(18)15-10(8)17/h1-5H,(H,14,16)(H2,13,15,17,18). The first-order valence-electron chi connectivity index (χ1n) is 4.95. The highest BCUT2D eigenvalue weighted by molar-refractivity contribution is 9.10. The van der Waals surface area contributed by atoms with Crippen LogP contribution in [-0.4, -0.2) is 15.9 Å². The maximum Gasteiger partial charge on any atom is 0.325 e. The molecule has 6 nitrogen and oxygen atoms in total. The average Bonchev–Trinajstić information content (AvgIpc) is 2.32. The molecule has 0 fully saturated rings. The molecule has 0 saturated heterocycles. The lowest BCUT2D eigenvalue weighted by Crippen LogP contribution is -2.29. The molecule has 7 heteroatoms. The molecule has 1 heterocycles. The Hall–Kier alpha value is -2.15. The zero-order valence-electron chi connectivity index (χ0n) is 8.99. The van der Waals surface area contributed by atoms with Crippen molar-refractivity contribution in [1.82, 2.24) is 9.97 Å². The van der Waals surface area contributed by atoms with Crippen LogP contribution in [-0.2, 0) is 0 Å². The lowest BCUT2D eigenvalue weighted by atomic mass is 10.3. The number of carbonyl (C=O) groups excluding carboxylic acids is 1. The monoisotopic (exact) mass is 309 g/mol. The maximum atomic E-state index is 11.8. The third-order valence-electron chi connectivity index (χ3n) is 2.17. The van der Waals surface area contributed by atoms with Gasteiger partial charge in [-0.05, 0) is 24.3 Å². The van der Waals surface area contributed by atoms with Crippen LogP contribution >= 0.6 is 15.9 Å². The number of halogens is 1.